The lowest BCUT2D eigenvalue weighted by Crippen LogP contribution is -1.91. The quantitative estimate of drug-likeness (QED) is 0.617. The van der Waals surface area contributed by atoms with Gasteiger partial charge in [0.1, 0.15) is 0 Å². The van der Waals surface area contributed by atoms with Gasteiger partial charge in [-0.3, -0.25) is 0 Å². The van der Waals surface area contributed by atoms with E-state index in [9.17, 15) is 8.78 Å². The van der Waals surface area contributed by atoms with Crippen LogP contribution in [0.25, 0.3) is 11.1 Å². The van der Waals surface area contributed by atoms with Crippen LogP contribution in [0.15, 0.2) is 72.8 Å². The Balaban J connectivity index is 1.80. The van der Waals surface area contributed by atoms with Gasteiger partial charge in [-0.15, -0.1) is 0 Å². The van der Waals surface area contributed by atoms with Crippen molar-refractivity contribution in [3.63, 3.8) is 0 Å². The molecule has 3 aromatic carbocycles. The van der Waals surface area contributed by atoms with Gasteiger partial charge in [-0.25, -0.2) is 8.78 Å². The Bertz CT molecular complexity index is 731. The molecule has 3 aromatic rings. The molecule has 0 N–H and O–H groups in total. The molecular weight excluding hydrogens is 266 g/mol. The molecule has 0 saturated carbocycles. The zero-order valence-electron chi connectivity index (χ0n) is 11.4. The fourth-order valence-corrected chi connectivity index (χ4v) is 2.33. The highest BCUT2D eigenvalue weighted by molar-refractivity contribution is 5.63. The van der Waals surface area contributed by atoms with Gasteiger partial charge in [0, 0.05) is 0 Å². The van der Waals surface area contributed by atoms with E-state index in [1.807, 2.05) is 42.5 Å². The molecule has 0 amide bonds. The number of halogens is 2. The average molecular weight is 280 g/mol. The second kappa shape index (κ2) is 5.88. The van der Waals surface area contributed by atoms with Crippen LogP contribution in [0.3, 0.4) is 0 Å². The number of benzene rings is 3. The van der Waals surface area contributed by atoms with Crippen molar-refractivity contribution in [1.29, 1.82) is 0 Å². The Morgan fingerprint density at radius 3 is 1.86 bits per heavy atom. The van der Waals surface area contributed by atoms with Gasteiger partial charge < -0.3 is 0 Å². The number of hydrogen-bond donors (Lipinski definition) is 0. The van der Waals surface area contributed by atoms with Crippen LogP contribution in [0.1, 0.15) is 11.1 Å². The van der Waals surface area contributed by atoms with Crippen LogP contribution < -0.4 is 0 Å². The second-order valence-electron chi connectivity index (χ2n) is 4.99. The van der Waals surface area contributed by atoms with E-state index >= 15 is 0 Å². The van der Waals surface area contributed by atoms with Gasteiger partial charge in [0.05, 0.1) is 0 Å². The summed E-state index contributed by atoms with van der Waals surface area (Å²) in [6.45, 7) is 0. The SMILES string of the molecule is Fc1ccc(Cc2ccc(-c3ccccc3)cc2)cc1F. The molecule has 0 saturated heterocycles. The lowest BCUT2D eigenvalue weighted by molar-refractivity contribution is 0.507. The minimum Gasteiger partial charge on any atom is -0.204 e. The third kappa shape index (κ3) is 3.16. The molecule has 0 aliphatic carbocycles. The van der Waals surface area contributed by atoms with Crippen molar-refractivity contribution in [2.75, 3.05) is 0 Å². The third-order valence-corrected chi connectivity index (χ3v) is 3.45. The van der Waals surface area contributed by atoms with Crippen LogP contribution in [0.5, 0.6) is 0 Å². The van der Waals surface area contributed by atoms with E-state index in [-0.39, 0.29) is 0 Å². The first-order valence-electron chi connectivity index (χ1n) is 6.81. The maximum Gasteiger partial charge on any atom is 0.159 e. The summed E-state index contributed by atoms with van der Waals surface area (Å²) in [6, 6.07) is 22.3. The molecule has 0 unspecified atom stereocenters. The van der Waals surface area contributed by atoms with Crippen molar-refractivity contribution in [2.45, 2.75) is 6.42 Å². The van der Waals surface area contributed by atoms with Crippen LogP contribution in [0.2, 0.25) is 0 Å². The molecule has 21 heavy (non-hydrogen) atoms. The molecule has 0 atom stereocenters. The summed E-state index contributed by atoms with van der Waals surface area (Å²) in [7, 11) is 0. The summed E-state index contributed by atoms with van der Waals surface area (Å²) in [5, 5.41) is 0. The molecule has 0 spiro atoms. The number of rotatable bonds is 3. The van der Waals surface area contributed by atoms with Crippen molar-refractivity contribution in [3.8, 4) is 11.1 Å². The topological polar surface area (TPSA) is 0 Å². The largest absolute Gasteiger partial charge is 0.204 e. The molecule has 0 aliphatic heterocycles. The lowest BCUT2D eigenvalue weighted by atomic mass is 10.0. The van der Waals surface area contributed by atoms with Gasteiger partial charge in [0.2, 0.25) is 0 Å². The van der Waals surface area contributed by atoms with Crippen LogP contribution in [-0.2, 0) is 6.42 Å². The monoisotopic (exact) mass is 280 g/mol. The van der Waals surface area contributed by atoms with E-state index in [4.69, 9.17) is 0 Å². The Labute approximate surface area is 122 Å². The van der Waals surface area contributed by atoms with Gasteiger partial charge in [0.25, 0.3) is 0 Å². The smallest absolute Gasteiger partial charge is 0.159 e. The van der Waals surface area contributed by atoms with E-state index in [1.54, 1.807) is 6.07 Å². The van der Waals surface area contributed by atoms with Crippen LogP contribution in [0, 0.1) is 11.6 Å². The van der Waals surface area contributed by atoms with E-state index in [1.165, 1.54) is 12.1 Å². The van der Waals surface area contributed by atoms with Crippen LogP contribution in [-0.4, -0.2) is 0 Å². The molecule has 0 bridgehead atoms. The minimum atomic E-state index is -0.807. The average Bonchev–Trinajstić information content (AvgIpc) is 2.53. The zero-order chi connectivity index (χ0) is 14.7. The highest BCUT2D eigenvalue weighted by Crippen LogP contribution is 2.20. The molecule has 2 heteroatoms. The van der Waals surface area contributed by atoms with Gasteiger partial charge in [0.15, 0.2) is 11.6 Å². The zero-order valence-corrected chi connectivity index (χ0v) is 11.4. The molecule has 0 heterocycles. The first kappa shape index (κ1) is 13.5. The van der Waals surface area contributed by atoms with Gasteiger partial charge in [-0.1, -0.05) is 60.7 Å². The highest BCUT2D eigenvalue weighted by Gasteiger charge is 2.04. The Morgan fingerprint density at radius 1 is 0.571 bits per heavy atom. The summed E-state index contributed by atoms with van der Waals surface area (Å²) >= 11 is 0. The summed E-state index contributed by atoms with van der Waals surface area (Å²) in [5.41, 5.74) is 4.14. The van der Waals surface area contributed by atoms with Gasteiger partial charge >= 0.3 is 0 Å². The summed E-state index contributed by atoms with van der Waals surface area (Å²) in [6.07, 6.45) is 0.590. The molecule has 104 valence electrons. The molecule has 0 fully saturated rings. The molecule has 0 nitrogen and oxygen atoms in total. The fraction of sp³-hybridized carbons (Fsp3) is 0.0526. The second-order valence-corrected chi connectivity index (χ2v) is 4.99. The molecular formula is C19H14F2. The van der Waals surface area contributed by atoms with Crippen molar-refractivity contribution < 1.29 is 8.78 Å². The number of hydrogen-bond acceptors (Lipinski definition) is 0. The van der Waals surface area contributed by atoms with E-state index < -0.39 is 11.6 Å². The fourth-order valence-electron chi connectivity index (χ4n) is 2.33. The first-order valence-corrected chi connectivity index (χ1v) is 6.81. The predicted octanol–water partition coefficient (Wildman–Crippen LogP) is 5.22. The van der Waals surface area contributed by atoms with E-state index in [0.29, 0.717) is 6.42 Å². The van der Waals surface area contributed by atoms with Crippen molar-refractivity contribution >= 4 is 0 Å². The third-order valence-electron chi connectivity index (χ3n) is 3.45. The lowest BCUT2D eigenvalue weighted by Gasteiger charge is -2.05. The van der Waals surface area contributed by atoms with E-state index in [0.717, 1.165) is 22.3 Å². The predicted molar refractivity (Wildman–Crippen MR) is 81.0 cm³/mol. The van der Waals surface area contributed by atoms with Gasteiger partial charge in [-0.2, -0.15) is 0 Å². The summed E-state index contributed by atoms with van der Waals surface area (Å²) in [5.74, 6) is -1.61. The Kier molecular flexibility index (Phi) is 3.78. The van der Waals surface area contributed by atoms with Crippen molar-refractivity contribution in [1.82, 2.24) is 0 Å². The Hall–Kier alpha value is -2.48. The van der Waals surface area contributed by atoms with Crippen LogP contribution in [0.4, 0.5) is 8.78 Å². The standard InChI is InChI=1S/C19H14F2/c20-18-11-8-15(13-19(18)21)12-14-6-9-17(10-7-14)16-4-2-1-3-5-16/h1-11,13H,12H2. The minimum absolute atomic E-state index is 0.590. The molecule has 0 aliphatic rings. The Morgan fingerprint density at radius 2 is 1.19 bits per heavy atom. The van der Waals surface area contributed by atoms with Crippen LogP contribution >= 0.6 is 0 Å². The van der Waals surface area contributed by atoms with Crippen molar-refractivity contribution in [2.24, 2.45) is 0 Å². The molecule has 0 radical (unpaired) electrons. The molecule has 0 aromatic heterocycles. The van der Waals surface area contributed by atoms with Gasteiger partial charge in [-0.05, 0) is 40.8 Å². The van der Waals surface area contributed by atoms with Crippen molar-refractivity contribution in [3.05, 3.63) is 95.6 Å². The normalized spacial score (nSPS) is 10.6. The molecule has 3 rings (SSSR count). The first-order chi connectivity index (χ1) is 10.2. The summed E-state index contributed by atoms with van der Waals surface area (Å²) < 4.78 is 26.1. The maximum absolute atomic E-state index is 13.2. The summed E-state index contributed by atoms with van der Waals surface area (Å²) in [4.78, 5) is 0. The highest BCUT2D eigenvalue weighted by atomic mass is 19.2. The maximum atomic E-state index is 13.2. The van der Waals surface area contributed by atoms with E-state index in [2.05, 4.69) is 12.1 Å².